The predicted octanol–water partition coefficient (Wildman–Crippen LogP) is -3.89. The summed E-state index contributed by atoms with van der Waals surface area (Å²) < 4.78 is 0. The Hall–Kier alpha value is -2.91. The normalized spacial score (nSPS) is 14.5. The molecule has 0 saturated heterocycles. The summed E-state index contributed by atoms with van der Waals surface area (Å²) in [6, 6.07) is -6.09. The molecule has 170 valence electrons. The fraction of sp³-hybridized carbons (Fsp3) is 0.600. The molecular weight excluding hydrogens is 428 g/mol. The molecule has 0 aromatic carbocycles. The fourth-order valence-electron chi connectivity index (χ4n) is 2.01. The van der Waals surface area contributed by atoms with Gasteiger partial charge >= 0.3 is 17.9 Å². The third kappa shape index (κ3) is 10.0. The zero-order valence-corrected chi connectivity index (χ0v) is 16.5. The highest BCUT2D eigenvalue weighted by atomic mass is 32.1. The molecule has 0 fully saturated rings. The van der Waals surface area contributed by atoms with Gasteiger partial charge in [0.25, 0.3) is 0 Å². The summed E-state index contributed by atoms with van der Waals surface area (Å²) in [7, 11) is 0. The molecular formula is C15H24N4O10S. The lowest BCUT2D eigenvalue weighted by molar-refractivity contribution is -0.144. The Bertz CT molecular complexity index is 674. The van der Waals surface area contributed by atoms with E-state index in [0.717, 1.165) is 0 Å². The van der Waals surface area contributed by atoms with Gasteiger partial charge in [-0.2, -0.15) is 12.6 Å². The predicted molar refractivity (Wildman–Crippen MR) is 101 cm³/mol. The van der Waals surface area contributed by atoms with Crippen molar-refractivity contribution in [3.63, 3.8) is 0 Å². The summed E-state index contributed by atoms with van der Waals surface area (Å²) in [5.41, 5.74) is 5.43. The minimum Gasteiger partial charge on any atom is -0.481 e. The Morgan fingerprint density at radius 3 is 1.73 bits per heavy atom. The van der Waals surface area contributed by atoms with E-state index in [1.54, 1.807) is 0 Å². The van der Waals surface area contributed by atoms with Crippen molar-refractivity contribution in [2.75, 3.05) is 12.4 Å². The number of thiol groups is 1. The molecule has 0 aliphatic heterocycles. The molecule has 0 aromatic rings. The number of hydrogen-bond donors (Lipinski definition) is 9. The molecule has 14 nitrogen and oxygen atoms in total. The van der Waals surface area contributed by atoms with Gasteiger partial charge in [0, 0.05) is 12.2 Å². The Morgan fingerprint density at radius 1 is 0.800 bits per heavy atom. The largest absolute Gasteiger partial charge is 0.481 e. The van der Waals surface area contributed by atoms with E-state index in [1.807, 2.05) is 10.6 Å². The van der Waals surface area contributed by atoms with Gasteiger partial charge in [0.1, 0.15) is 18.1 Å². The molecule has 0 rings (SSSR count). The number of nitrogens with one attached hydrogen (secondary N) is 3. The molecule has 4 atom stereocenters. The maximum atomic E-state index is 12.3. The van der Waals surface area contributed by atoms with Crippen molar-refractivity contribution in [3.05, 3.63) is 0 Å². The number of aliphatic hydroxyl groups is 1. The third-order valence-corrected chi connectivity index (χ3v) is 4.02. The monoisotopic (exact) mass is 452 g/mol. The summed E-state index contributed by atoms with van der Waals surface area (Å²) in [5.74, 6) is -7.64. The number of rotatable bonds is 14. The van der Waals surface area contributed by atoms with Gasteiger partial charge in [-0.1, -0.05) is 0 Å². The van der Waals surface area contributed by atoms with Crippen LogP contribution in [-0.4, -0.2) is 92.6 Å². The van der Waals surface area contributed by atoms with Crippen LogP contribution in [0.1, 0.15) is 19.3 Å². The van der Waals surface area contributed by atoms with Gasteiger partial charge in [-0.05, 0) is 6.42 Å². The van der Waals surface area contributed by atoms with Crippen LogP contribution in [0.3, 0.4) is 0 Å². The number of aliphatic hydroxyl groups excluding tert-OH is 1. The number of carbonyl (C=O) groups is 6. The highest BCUT2D eigenvalue weighted by Gasteiger charge is 2.31. The molecule has 4 unspecified atom stereocenters. The summed E-state index contributed by atoms with van der Waals surface area (Å²) >= 11 is 3.80. The van der Waals surface area contributed by atoms with Gasteiger partial charge in [-0.25, -0.2) is 4.79 Å². The first kappa shape index (κ1) is 27.1. The van der Waals surface area contributed by atoms with Crippen molar-refractivity contribution in [1.29, 1.82) is 0 Å². The van der Waals surface area contributed by atoms with Gasteiger partial charge < -0.3 is 42.1 Å². The number of carbonyl (C=O) groups excluding carboxylic acids is 3. The summed E-state index contributed by atoms with van der Waals surface area (Å²) in [5, 5.41) is 42.0. The number of amides is 3. The Labute approximate surface area is 175 Å². The maximum absolute atomic E-state index is 12.3. The van der Waals surface area contributed by atoms with Crippen molar-refractivity contribution in [2.24, 2.45) is 5.73 Å². The number of carboxylic acids is 3. The zero-order valence-electron chi connectivity index (χ0n) is 15.6. The topological polar surface area (TPSA) is 245 Å². The zero-order chi connectivity index (χ0) is 23.4. The molecule has 0 spiro atoms. The summed E-state index contributed by atoms with van der Waals surface area (Å²) in [6.45, 7) is -0.908. The van der Waals surface area contributed by atoms with E-state index in [4.69, 9.17) is 21.1 Å². The van der Waals surface area contributed by atoms with Crippen molar-refractivity contribution in [1.82, 2.24) is 16.0 Å². The van der Waals surface area contributed by atoms with Gasteiger partial charge in [0.15, 0.2) is 0 Å². The van der Waals surface area contributed by atoms with Crippen molar-refractivity contribution in [3.8, 4) is 0 Å². The lowest BCUT2D eigenvalue weighted by Crippen LogP contribution is -2.58. The van der Waals surface area contributed by atoms with Crippen LogP contribution in [-0.2, 0) is 28.8 Å². The second kappa shape index (κ2) is 13.3. The first-order valence-corrected chi connectivity index (χ1v) is 9.10. The molecule has 15 heteroatoms. The van der Waals surface area contributed by atoms with E-state index in [1.165, 1.54) is 0 Å². The van der Waals surface area contributed by atoms with Crippen LogP contribution in [0, 0.1) is 0 Å². The van der Waals surface area contributed by atoms with Crippen LogP contribution in [0.15, 0.2) is 0 Å². The van der Waals surface area contributed by atoms with E-state index in [-0.39, 0.29) is 5.75 Å². The van der Waals surface area contributed by atoms with Gasteiger partial charge in [-0.15, -0.1) is 0 Å². The molecule has 9 N–H and O–H groups in total. The standard InChI is InChI=1S/C15H24N4O10S/c16-6(5-30)12(25)19-9(4-20)14(27)18-8(3-11(23)24)13(26)17-7(15(28)29)1-2-10(21)22/h6-9,20,30H,1-5,16H2,(H,17,26)(H,18,27)(H,19,25)(H,21,22)(H,23,24)(H,28,29). The molecule has 30 heavy (non-hydrogen) atoms. The molecule has 0 heterocycles. The Kier molecular flexibility index (Phi) is 12.0. The lowest BCUT2D eigenvalue weighted by atomic mass is 10.1. The third-order valence-electron chi connectivity index (χ3n) is 3.62. The molecule has 0 aliphatic rings. The molecule has 3 amide bonds. The van der Waals surface area contributed by atoms with Crippen LogP contribution in [0.25, 0.3) is 0 Å². The number of carboxylic acid groups (broad SMARTS) is 3. The second-order valence-corrected chi connectivity index (χ2v) is 6.39. The van der Waals surface area contributed by atoms with Gasteiger partial charge in [0.05, 0.1) is 19.1 Å². The van der Waals surface area contributed by atoms with E-state index >= 15 is 0 Å². The van der Waals surface area contributed by atoms with E-state index in [9.17, 15) is 33.9 Å². The first-order valence-electron chi connectivity index (χ1n) is 8.47. The highest BCUT2D eigenvalue weighted by Crippen LogP contribution is 2.02. The van der Waals surface area contributed by atoms with E-state index in [0.29, 0.717) is 0 Å². The van der Waals surface area contributed by atoms with E-state index < -0.39 is 85.7 Å². The lowest BCUT2D eigenvalue weighted by Gasteiger charge is -2.23. The Balaban J connectivity index is 5.27. The second-order valence-electron chi connectivity index (χ2n) is 6.02. The number of hydrogen-bond acceptors (Lipinski definition) is 9. The average Bonchev–Trinajstić information content (AvgIpc) is 2.66. The SMILES string of the molecule is NC(CS)C(=O)NC(CO)C(=O)NC(CC(=O)O)C(=O)NC(CCC(=O)O)C(=O)O. The van der Waals surface area contributed by atoms with Crippen molar-refractivity contribution >= 4 is 48.3 Å². The molecule has 0 radical (unpaired) electrons. The van der Waals surface area contributed by atoms with Crippen LogP contribution in [0.5, 0.6) is 0 Å². The minimum atomic E-state index is -1.77. The van der Waals surface area contributed by atoms with Crippen LogP contribution in [0.2, 0.25) is 0 Å². The van der Waals surface area contributed by atoms with Crippen molar-refractivity contribution < 1.29 is 49.2 Å². The van der Waals surface area contributed by atoms with Crippen LogP contribution >= 0.6 is 12.6 Å². The quantitative estimate of drug-likeness (QED) is 0.115. The van der Waals surface area contributed by atoms with Crippen molar-refractivity contribution in [2.45, 2.75) is 43.4 Å². The first-order chi connectivity index (χ1) is 13.9. The number of nitrogens with two attached hydrogens (primary N) is 1. The molecule has 0 aliphatic carbocycles. The fourth-order valence-corrected chi connectivity index (χ4v) is 2.18. The molecule has 0 bridgehead atoms. The van der Waals surface area contributed by atoms with Gasteiger partial charge in [0.2, 0.25) is 17.7 Å². The molecule has 0 saturated carbocycles. The Morgan fingerprint density at radius 2 is 1.30 bits per heavy atom. The summed E-state index contributed by atoms with van der Waals surface area (Å²) in [6.07, 6.45) is -2.02. The van der Waals surface area contributed by atoms with E-state index in [2.05, 4.69) is 17.9 Å². The maximum Gasteiger partial charge on any atom is 0.326 e. The molecule has 0 aromatic heterocycles. The van der Waals surface area contributed by atoms with Gasteiger partial charge in [-0.3, -0.25) is 24.0 Å². The van der Waals surface area contributed by atoms with Crippen LogP contribution < -0.4 is 21.7 Å². The highest BCUT2D eigenvalue weighted by molar-refractivity contribution is 7.80. The average molecular weight is 452 g/mol. The van der Waals surface area contributed by atoms with Crippen LogP contribution in [0.4, 0.5) is 0 Å². The number of aliphatic carboxylic acids is 3. The smallest absolute Gasteiger partial charge is 0.326 e. The minimum absolute atomic E-state index is 0.0669. The summed E-state index contributed by atoms with van der Waals surface area (Å²) in [4.78, 5) is 69.0.